The number of benzene rings is 2. The van der Waals surface area contributed by atoms with Gasteiger partial charge in [0, 0.05) is 16.3 Å². The molecule has 31 heavy (non-hydrogen) atoms. The Morgan fingerprint density at radius 3 is 2.52 bits per heavy atom. The maximum atomic E-state index is 12.9. The maximum Gasteiger partial charge on any atom is 0.319 e. The first-order valence-corrected chi connectivity index (χ1v) is 11.1. The Bertz CT molecular complexity index is 1060. The molecule has 3 N–H and O–H groups in total. The van der Waals surface area contributed by atoms with E-state index in [9.17, 15) is 9.59 Å². The van der Waals surface area contributed by atoms with Crippen LogP contribution in [0.3, 0.4) is 0 Å². The van der Waals surface area contributed by atoms with Crippen molar-refractivity contribution in [2.24, 2.45) is 5.92 Å². The van der Waals surface area contributed by atoms with Crippen molar-refractivity contribution in [1.29, 1.82) is 0 Å². The van der Waals surface area contributed by atoms with Gasteiger partial charge in [-0.3, -0.25) is 10.1 Å². The summed E-state index contributed by atoms with van der Waals surface area (Å²) in [4.78, 5) is 25.4. The van der Waals surface area contributed by atoms with Crippen molar-refractivity contribution in [3.05, 3.63) is 59.1 Å². The van der Waals surface area contributed by atoms with E-state index >= 15 is 0 Å². The van der Waals surface area contributed by atoms with E-state index in [4.69, 9.17) is 11.6 Å². The van der Waals surface area contributed by atoms with Crippen LogP contribution in [0.4, 0.5) is 15.6 Å². The first kappa shape index (κ1) is 22.7. The summed E-state index contributed by atoms with van der Waals surface area (Å²) in [5.74, 6) is -0.434. The molecule has 1 heterocycles. The van der Waals surface area contributed by atoms with Crippen molar-refractivity contribution in [2.45, 2.75) is 33.2 Å². The minimum Gasteiger partial charge on any atom is -0.326 e. The maximum absolute atomic E-state index is 12.9. The molecule has 0 aliphatic heterocycles. The Hall–Kier alpha value is -2.97. The summed E-state index contributed by atoms with van der Waals surface area (Å²) in [6.45, 7) is 5.75. The number of carbonyl (C=O) groups excluding carboxylic acids is 2. The quantitative estimate of drug-likeness (QED) is 0.446. The summed E-state index contributed by atoms with van der Waals surface area (Å²) in [6, 6.07) is 13.6. The van der Waals surface area contributed by atoms with Gasteiger partial charge in [0.15, 0.2) is 0 Å². The Kier molecular flexibility index (Phi) is 7.59. The Labute approximate surface area is 190 Å². The molecule has 0 spiro atoms. The van der Waals surface area contributed by atoms with Crippen molar-refractivity contribution in [2.75, 3.05) is 10.6 Å². The van der Waals surface area contributed by atoms with Gasteiger partial charge in [0.05, 0.1) is 0 Å². The third-order valence-corrected chi connectivity index (χ3v) is 6.18. The zero-order valence-corrected chi connectivity index (χ0v) is 19.1. The van der Waals surface area contributed by atoms with Crippen LogP contribution in [0.25, 0.3) is 10.6 Å². The summed E-state index contributed by atoms with van der Waals surface area (Å²) < 4.78 is 0. The molecule has 0 unspecified atom stereocenters. The number of hydrogen-bond donors (Lipinski definition) is 3. The zero-order valence-electron chi connectivity index (χ0n) is 17.5. The second kappa shape index (κ2) is 10.4. The first-order chi connectivity index (χ1) is 14.9. The summed E-state index contributed by atoms with van der Waals surface area (Å²) in [5, 5.41) is 18.1. The van der Waals surface area contributed by atoms with Crippen molar-refractivity contribution in [3.8, 4) is 10.6 Å². The number of urea groups is 1. The number of aromatic nitrogens is 2. The van der Waals surface area contributed by atoms with Crippen LogP contribution in [0, 0.1) is 12.8 Å². The second-order valence-electron chi connectivity index (χ2n) is 7.19. The molecule has 2 atom stereocenters. The number of nitrogens with one attached hydrogen (secondary N) is 3. The zero-order chi connectivity index (χ0) is 22.4. The molecule has 0 saturated heterocycles. The molecule has 7 nitrogen and oxygen atoms in total. The van der Waals surface area contributed by atoms with Gasteiger partial charge in [-0.2, -0.15) is 0 Å². The molecule has 2 aromatic carbocycles. The molecule has 0 saturated carbocycles. The van der Waals surface area contributed by atoms with Gasteiger partial charge in [0.25, 0.3) is 0 Å². The van der Waals surface area contributed by atoms with E-state index in [1.54, 1.807) is 12.1 Å². The molecule has 0 aliphatic carbocycles. The van der Waals surface area contributed by atoms with E-state index in [-0.39, 0.29) is 11.8 Å². The van der Waals surface area contributed by atoms with E-state index < -0.39 is 12.1 Å². The predicted octanol–water partition coefficient (Wildman–Crippen LogP) is 5.34. The van der Waals surface area contributed by atoms with Crippen LogP contribution in [0.1, 0.15) is 25.8 Å². The largest absolute Gasteiger partial charge is 0.326 e. The molecular weight excluding hydrogens is 434 g/mol. The van der Waals surface area contributed by atoms with Crippen molar-refractivity contribution in [3.63, 3.8) is 0 Å². The monoisotopic (exact) mass is 457 g/mol. The number of halogens is 1. The highest BCUT2D eigenvalue weighted by Gasteiger charge is 2.27. The highest BCUT2D eigenvalue weighted by atomic mass is 35.5. The van der Waals surface area contributed by atoms with Gasteiger partial charge in [-0.15, -0.1) is 10.2 Å². The number of anilines is 2. The lowest BCUT2D eigenvalue weighted by molar-refractivity contribution is -0.119. The van der Waals surface area contributed by atoms with Gasteiger partial charge in [-0.25, -0.2) is 4.79 Å². The Balaban J connectivity index is 1.67. The number of carbonyl (C=O) groups is 2. The molecule has 3 rings (SSSR count). The lowest BCUT2D eigenvalue weighted by atomic mass is 9.98. The van der Waals surface area contributed by atoms with E-state index in [0.717, 1.165) is 11.1 Å². The smallest absolute Gasteiger partial charge is 0.319 e. The molecule has 9 heteroatoms. The molecule has 1 aromatic heterocycles. The van der Waals surface area contributed by atoms with E-state index in [1.807, 2.05) is 57.2 Å². The normalized spacial score (nSPS) is 12.6. The fourth-order valence-electron chi connectivity index (χ4n) is 2.84. The van der Waals surface area contributed by atoms with E-state index in [0.29, 0.717) is 27.3 Å². The van der Waals surface area contributed by atoms with Crippen LogP contribution in [-0.4, -0.2) is 28.2 Å². The third kappa shape index (κ3) is 6.02. The number of hydrogen-bond acceptors (Lipinski definition) is 5. The SMILES string of the molecule is CC[C@@H](C)[C@@H](NC(=O)Nc1ccc(C)c(Cl)c1)C(=O)Nc1nnc(-c2ccccc2)s1. The minimum atomic E-state index is -0.741. The van der Waals surface area contributed by atoms with Crippen molar-refractivity contribution < 1.29 is 9.59 Å². The number of amides is 3. The number of rotatable bonds is 7. The Morgan fingerprint density at radius 2 is 1.84 bits per heavy atom. The first-order valence-electron chi connectivity index (χ1n) is 9.90. The van der Waals surface area contributed by atoms with E-state index in [2.05, 4.69) is 26.1 Å². The van der Waals surface area contributed by atoms with Crippen LogP contribution in [-0.2, 0) is 4.79 Å². The van der Waals surface area contributed by atoms with Crippen LogP contribution in [0.15, 0.2) is 48.5 Å². The van der Waals surface area contributed by atoms with Gasteiger partial charge in [-0.05, 0) is 30.5 Å². The molecule has 0 fully saturated rings. The topological polar surface area (TPSA) is 96.0 Å². The van der Waals surface area contributed by atoms with Gasteiger partial charge >= 0.3 is 6.03 Å². The highest BCUT2D eigenvalue weighted by Crippen LogP contribution is 2.26. The number of aryl methyl sites for hydroxylation is 1. The number of nitrogens with zero attached hydrogens (tertiary/aromatic N) is 2. The van der Waals surface area contributed by atoms with Crippen LogP contribution >= 0.6 is 22.9 Å². The fourth-order valence-corrected chi connectivity index (χ4v) is 3.77. The lowest BCUT2D eigenvalue weighted by Gasteiger charge is -2.23. The average molecular weight is 458 g/mol. The molecule has 0 bridgehead atoms. The fraction of sp³-hybridized carbons (Fsp3) is 0.273. The standard InChI is InChI=1S/C22H24ClN5O2S/c1-4-13(2)18(25-21(30)24-16-11-10-14(3)17(23)12-16)19(29)26-22-28-27-20(31-22)15-8-6-5-7-9-15/h5-13,18H,4H2,1-3H3,(H2,24,25,30)(H,26,28,29)/t13-,18-/m1/s1. The average Bonchev–Trinajstić information content (AvgIpc) is 3.23. The van der Waals surface area contributed by atoms with Gasteiger partial charge < -0.3 is 10.6 Å². The van der Waals surface area contributed by atoms with Gasteiger partial charge in [0.2, 0.25) is 11.0 Å². The summed E-state index contributed by atoms with van der Waals surface area (Å²) >= 11 is 7.39. The molecule has 3 amide bonds. The summed E-state index contributed by atoms with van der Waals surface area (Å²) in [5.41, 5.74) is 2.39. The van der Waals surface area contributed by atoms with Crippen molar-refractivity contribution >= 4 is 45.7 Å². The molecular formula is C22H24ClN5O2S. The van der Waals surface area contributed by atoms with Crippen LogP contribution in [0.5, 0.6) is 0 Å². The third-order valence-electron chi connectivity index (χ3n) is 4.89. The van der Waals surface area contributed by atoms with Gasteiger partial charge in [0.1, 0.15) is 11.0 Å². The molecule has 0 aliphatic rings. The summed E-state index contributed by atoms with van der Waals surface area (Å²) in [6.07, 6.45) is 0.708. The molecule has 162 valence electrons. The van der Waals surface area contributed by atoms with Gasteiger partial charge in [-0.1, -0.05) is 79.6 Å². The highest BCUT2D eigenvalue weighted by molar-refractivity contribution is 7.18. The van der Waals surface area contributed by atoms with Crippen LogP contribution in [0.2, 0.25) is 5.02 Å². The lowest BCUT2D eigenvalue weighted by Crippen LogP contribution is -2.49. The van der Waals surface area contributed by atoms with Crippen LogP contribution < -0.4 is 16.0 Å². The summed E-state index contributed by atoms with van der Waals surface area (Å²) in [7, 11) is 0. The second-order valence-corrected chi connectivity index (χ2v) is 8.58. The van der Waals surface area contributed by atoms with Crippen molar-refractivity contribution in [1.82, 2.24) is 15.5 Å². The van der Waals surface area contributed by atoms with E-state index in [1.165, 1.54) is 11.3 Å². The predicted molar refractivity (Wildman–Crippen MR) is 126 cm³/mol. The minimum absolute atomic E-state index is 0.0890. The molecule has 0 radical (unpaired) electrons. The Morgan fingerprint density at radius 1 is 1.10 bits per heavy atom. The molecule has 3 aromatic rings.